The van der Waals surface area contributed by atoms with E-state index in [0.717, 1.165) is 6.54 Å². The Morgan fingerprint density at radius 3 is 2.89 bits per heavy atom. The summed E-state index contributed by atoms with van der Waals surface area (Å²) in [5, 5.41) is 3.52. The molecule has 0 spiro atoms. The van der Waals surface area contributed by atoms with Crippen LogP contribution in [0.25, 0.3) is 0 Å². The van der Waals surface area contributed by atoms with Gasteiger partial charge in [-0.2, -0.15) is 4.98 Å². The predicted molar refractivity (Wildman–Crippen MR) is 74.8 cm³/mol. The molecule has 0 bridgehead atoms. The Balaban J connectivity index is 1.89. The van der Waals surface area contributed by atoms with Gasteiger partial charge in [0.25, 0.3) is 0 Å². The topological polar surface area (TPSA) is 67.1 Å². The molecule has 0 aromatic carbocycles. The minimum absolute atomic E-state index is 0.219. The van der Waals surface area contributed by atoms with Crippen molar-refractivity contribution in [1.82, 2.24) is 14.9 Å². The van der Waals surface area contributed by atoms with E-state index in [2.05, 4.69) is 27.1 Å². The zero-order valence-electron chi connectivity index (χ0n) is 10.7. The van der Waals surface area contributed by atoms with Gasteiger partial charge in [-0.15, -0.1) is 0 Å². The number of likely N-dealkylation sites (tertiary alicyclic amines) is 1. The maximum absolute atomic E-state index is 5.81. The van der Waals surface area contributed by atoms with Crippen molar-refractivity contribution in [2.45, 2.75) is 32.2 Å². The van der Waals surface area contributed by atoms with Crippen LogP contribution in [0, 0.1) is 0 Å². The molecular formula is C12H20ClN5. The molecule has 1 atom stereocenters. The number of nitrogens with zero attached hydrogens (tertiary/aromatic N) is 3. The summed E-state index contributed by atoms with van der Waals surface area (Å²) in [6.07, 6.45) is 5.49. The van der Waals surface area contributed by atoms with E-state index >= 15 is 0 Å². The van der Waals surface area contributed by atoms with Gasteiger partial charge in [0, 0.05) is 12.6 Å². The Labute approximate surface area is 113 Å². The minimum Gasteiger partial charge on any atom is -0.394 e. The highest BCUT2D eigenvalue weighted by atomic mass is 35.5. The minimum atomic E-state index is 0.219. The lowest BCUT2D eigenvalue weighted by atomic mass is 10.1. The largest absolute Gasteiger partial charge is 0.394 e. The number of nitrogens with one attached hydrogen (secondary N) is 1. The van der Waals surface area contributed by atoms with Crippen molar-refractivity contribution < 1.29 is 0 Å². The van der Waals surface area contributed by atoms with Gasteiger partial charge in [-0.25, -0.2) is 4.98 Å². The van der Waals surface area contributed by atoms with Crippen LogP contribution in [0.5, 0.6) is 0 Å². The van der Waals surface area contributed by atoms with Crippen molar-refractivity contribution in [3.8, 4) is 0 Å². The second-order valence-corrected chi connectivity index (χ2v) is 5.19. The lowest BCUT2D eigenvalue weighted by molar-refractivity contribution is 0.223. The normalized spacial score (nSPS) is 18.6. The maximum Gasteiger partial charge on any atom is 0.224 e. The third-order valence-corrected chi connectivity index (χ3v) is 3.33. The Morgan fingerprint density at radius 2 is 2.17 bits per heavy atom. The van der Waals surface area contributed by atoms with Crippen LogP contribution >= 0.6 is 11.6 Å². The van der Waals surface area contributed by atoms with Crippen LogP contribution in [0.15, 0.2) is 6.20 Å². The lowest BCUT2D eigenvalue weighted by Crippen LogP contribution is -2.38. The molecule has 5 nitrogen and oxygen atoms in total. The average Bonchev–Trinajstić information content (AvgIpc) is 2.35. The van der Waals surface area contributed by atoms with Crippen LogP contribution in [0.2, 0.25) is 5.28 Å². The zero-order valence-corrected chi connectivity index (χ0v) is 11.5. The Kier molecular flexibility index (Phi) is 4.60. The molecule has 1 saturated heterocycles. The fraction of sp³-hybridized carbons (Fsp3) is 0.667. The first-order chi connectivity index (χ1) is 8.65. The Morgan fingerprint density at radius 1 is 1.44 bits per heavy atom. The van der Waals surface area contributed by atoms with Crippen molar-refractivity contribution in [1.29, 1.82) is 0 Å². The molecule has 18 heavy (non-hydrogen) atoms. The molecule has 3 N–H and O–H groups in total. The van der Waals surface area contributed by atoms with E-state index in [0.29, 0.717) is 11.5 Å². The van der Waals surface area contributed by atoms with Gasteiger partial charge in [-0.3, -0.25) is 0 Å². The lowest BCUT2D eigenvalue weighted by Gasteiger charge is -2.29. The van der Waals surface area contributed by atoms with Crippen molar-refractivity contribution in [2.75, 3.05) is 30.7 Å². The Hall–Kier alpha value is -1.07. The number of rotatable bonds is 4. The molecule has 1 aliphatic rings. The summed E-state index contributed by atoms with van der Waals surface area (Å²) in [5.74, 6) is 0.625. The zero-order chi connectivity index (χ0) is 13.0. The molecule has 0 radical (unpaired) electrons. The van der Waals surface area contributed by atoms with E-state index in [-0.39, 0.29) is 11.3 Å². The molecule has 1 aromatic heterocycles. The van der Waals surface area contributed by atoms with E-state index in [1.165, 1.54) is 38.5 Å². The molecule has 2 rings (SSSR count). The molecule has 0 amide bonds. The van der Waals surface area contributed by atoms with E-state index in [9.17, 15) is 0 Å². The van der Waals surface area contributed by atoms with Gasteiger partial charge in [-0.05, 0) is 44.5 Å². The second kappa shape index (κ2) is 6.20. The highest BCUT2D eigenvalue weighted by Gasteiger charge is 2.14. The fourth-order valence-corrected chi connectivity index (χ4v) is 2.43. The highest BCUT2D eigenvalue weighted by Crippen LogP contribution is 2.17. The molecule has 100 valence electrons. The van der Waals surface area contributed by atoms with Crippen molar-refractivity contribution >= 4 is 23.1 Å². The molecule has 1 unspecified atom stereocenters. The van der Waals surface area contributed by atoms with Gasteiger partial charge in [0.1, 0.15) is 0 Å². The third-order valence-electron chi connectivity index (χ3n) is 3.15. The van der Waals surface area contributed by atoms with Gasteiger partial charge >= 0.3 is 0 Å². The van der Waals surface area contributed by atoms with Crippen LogP contribution in [0.3, 0.4) is 0 Å². The first-order valence-corrected chi connectivity index (χ1v) is 6.80. The number of piperidine rings is 1. The summed E-state index contributed by atoms with van der Waals surface area (Å²) >= 11 is 5.76. The van der Waals surface area contributed by atoms with Crippen molar-refractivity contribution in [3.05, 3.63) is 11.5 Å². The van der Waals surface area contributed by atoms with E-state index in [1.54, 1.807) is 0 Å². The quantitative estimate of drug-likeness (QED) is 0.819. The van der Waals surface area contributed by atoms with Crippen LogP contribution in [-0.4, -0.2) is 40.5 Å². The molecule has 2 heterocycles. The number of aromatic nitrogens is 2. The van der Waals surface area contributed by atoms with Gasteiger partial charge in [0.15, 0.2) is 5.82 Å². The Bertz CT molecular complexity index is 392. The standard InChI is InChI=1S/C12H20ClN5/c1-9(8-18-5-3-2-4-6-18)16-11-10(14)7-15-12(13)17-11/h7,9H,2-6,8,14H2,1H3,(H,15,16,17). The third kappa shape index (κ3) is 3.71. The summed E-state index contributed by atoms with van der Waals surface area (Å²) in [6, 6.07) is 0.288. The molecule has 1 fully saturated rings. The SMILES string of the molecule is CC(CN1CCCCC1)Nc1nc(Cl)ncc1N. The van der Waals surface area contributed by atoms with E-state index < -0.39 is 0 Å². The first-order valence-electron chi connectivity index (χ1n) is 6.42. The van der Waals surface area contributed by atoms with Gasteiger partial charge in [0.05, 0.1) is 11.9 Å². The molecule has 1 aromatic rings. The number of hydrogen-bond donors (Lipinski definition) is 2. The fourth-order valence-electron chi connectivity index (χ4n) is 2.29. The van der Waals surface area contributed by atoms with Crippen LogP contribution < -0.4 is 11.1 Å². The van der Waals surface area contributed by atoms with E-state index in [1.807, 2.05) is 0 Å². The first kappa shape index (κ1) is 13.4. The molecule has 0 aliphatic carbocycles. The van der Waals surface area contributed by atoms with Crippen LogP contribution in [-0.2, 0) is 0 Å². The number of nitrogen functional groups attached to an aromatic ring is 1. The average molecular weight is 270 g/mol. The number of halogens is 1. The summed E-state index contributed by atoms with van der Waals surface area (Å²) in [7, 11) is 0. The maximum atomic E-state index is 5.81. The molecular weight excluding hydrogens is 250 g/mol. The number of nitrogens with two attached hydrogens (primary N) is 1. The monoisotopic (exact) mass is 269 g/mol. The van der Waals surface area contributed by atoms with Crippen molar-refractivity contribution in [3.63, 3.8) is 0 Å². The highest BCUT2D eigenvalue weighted by molar-refractivity contribution is 6.28. The van der Waals surface area contributed by atoms with Gasteiger partial charge < -0.3 is 16.0 Å². The number of hydrogen-bond acceptors (Lipinski definition) is 5. The molecule has 1 aliphatic heterocycles. The van der Waals surface area contributed by atoms with Crippen LogP contribution in [0.1, 0.15) is 26.2 Å². The van der Waals surface area contributed by atoms with Gasteiger partial charge in [-0.1, -0.05) is 6.42 Å². The predicted octanol–water partition coefficient (Wildman–Crippen LogP) is 2.00. The smallest absolute Gasteiger partial charge is 0.224 e. The summed E-state index contributed by atoms with van der Waals surface area (Å²) in [6.45, 7) is 5.50. The van der Waals surface area contributed by atoms with Crippen molar-refractivity contribution in [2.24, 2.45) is 0 Å². The summed E-state index contributed by atoms with van der Waals surface area (Å²) < 4.78 is 0. The number of anilines is 2. The van der Waals surface area contributed by atoms with E-state index in [4.69, 9.17) is 17.3 Å². The molecule has 6 heteroatoms. The summed E-state index contributed by atoms with van der Waals surface area (Å²) in [5.41, 5.74) is 6.34. The molecule has 0 saturated carbocycles. The van der Waals surface area contributed by atoms with Gasteiger partial charge in [0.2, 0.25) is 5.28 Å². The summed E-state index contributed by atoms with van der Waals surface area (Å²) in [4.78, 5) is 10.4. The second-order valence-electron chi connectivity index (χ2n) is 4.85. The van der Waals surface area contributed by atoms with Crippen LogP contribution in [0.4, 0.5) is 11.5 Å².